The highest BCUT2D eigenvalue weighted by Gasteiger charge is 2.40. The Morgan fingerprint density at radius 3 is 2.35 bits per heavy atom. The lowest BCUT2D eigenvalue weighted by atomic mass is 10.1. The van der Waals surface area contributed by atoms with E-state index in [-0.39, 0.29) is 0 Å². The third-order valence-electron chi connectivity index (χ3n) is 2.42. The summed E-state index contributed by atoms with van der Waals surface area (Å²) in [5.41, 5.74) is 0.649. The fraction of sp³-hybridized carbons (Fsp3) is 0.385. The van der Waals surface area contributed by atoms with Crippen molar-refractivity contribution in [3.05, 3.63) is 47.6 Å². The number of alkyl halides is 3. The van der Waals surface area contributed by atoms with E-state index in [0.717, 1.165) is 7.11 Å². The summed E-state index contributed by atoms with van der Waals surface area (Å²) < 4.78 is 60.2. The Morgan fingerprint density at radius 2 is 1.85 bits per heavy atom. The van der Waals surface area contributed by atoms with E-state index >= 15 is 0 Å². The first-order valence-electron chi connectivity index (χ1n) is 5.76. The Labute approximate surface area is 114 Å². The zero-order valence-corrected chi connectivity index (χ0v) is 11.0. The third-order valence-corrected chi connectivity index (χ3v) is 2.42. The monoisotopic (exact) mass is 293 g/mol. The van der Waals surface area contributed by atoms with Crippen LogP contribution in [0.4, 0.5) is 17.6 Å². The molecule has 7 heteroatoms. The Kier molecular flexibility index (Phi) is 5.82. The lowest BCUT2D eigenvalue weighted by Gasteiger charge is -2.18. The molecule has 112 valence electrons. The Bertz CT molecular complexity index is 445. The van der Waals surface area contributed by atoms with Crippen LogP contribution in [-0.4, -0.2) is 20.1 Å². The van der Waals surface area contributed by atoms with Crippen molar-refractivity contribution in [1.82, 2.24) is 5.32 Å². The molecule has 1 aromatic carbocycles. The highest BCUT2D eigenvalue weighted by Crippen LogP contribution is 2.30. The van der Waals surface area contributed by atoms with Crippen LogP contribution in [0.2, 0.25) is 0 Å². The van der Waals surface area contributed by atoms with Crippen molar-refractivity contribution in [1.29, 1.82) is 0 Å². The number of rotatable bonds is 6. The molecule has 0 heterocycles. The van der Waals surface area contributed by atoms with E-state index in [4.69, 9.17) is 0 Å². The number of benzene rings is 1. The molecule has 1 rings (SSSR count). The molecule has 0 fully saturated rings. The predicted octanol–water partition coefficient (Wildman–Crippen LogP) is 3.66. The molecular weight excluding hydrogens is 278 g/mol. The molecule has 20 heavy (non-hydrogen) atoms. The second kappa shape index (κ2) is 7.14. The summed E-state index contributed by atoms with van der Waals surface area (Å²) in [6.07, 6.45) is -4.94. The van der Waals surface area contributed by atoms with E-state index in [9.17, 15) is 17.6 Å². The second-order valence-corrected chi connectivity index (χ2v) is 3.97. The Balaban J connectivity index is 2.87. The molecule has 0 saturated heterocycles. The molecule has 1 N–H and O–H groups in total. The van der Waals surface area contributed by atoms with Crippen molar-refractivity contribution in [3.63, 3.8) is 0 Å². The molecule has 1 atom stereocenters. The molecule has 0 aliphatic heterocycles. The second-order valence-electron chi connectivity index (χ2n) is 3.97. The van der Waals surface area contributed by atoms with Gasteiger partial charge in [-0.15, -0.1) is 0 Å². The van der Waals surface area contributed by atoms with Crippen LogP contribution >= 0.6 is 0 Å². The van der Waals surface area contributed by atoms with Crippen LogP contribution in [0.3, 0.4) is 0 Å². The predicted molar refractivity (Wildman–Crippen MR) is 65.1 cm³/mol. The summed E-state index contributed by atoms with van der Waals surface area (Å²) in [5, 5.41) is 2.12. The normalized spacial score (nSPS) is 14.5. The summed E-state index contributed by atoms with van der Waals surface area (Å²) in [6, 6.07) is 7.88. The van der Waals surface area contributed by atoms with Crippen molar-refractivity contribution in [2.24, 2.45) is 0 Å². The summed E-state index contributed by atoms with van der Waals surface area (Å²) in [4.78, 5) is 0. The van der Waals surface area contributed by atoms with Crippen LogP contribution in [0.5, 0.6) is 0 Å². The third kappa shape index (κ3) is 4.73. The van der Waals surface area contributed by atoms with E-state index < -0.39 is 30.7 Å². The molecule has 0 spiro atoms. The van der Waals surface area contributed by atoms with E-state index in [1.54, 1.807) is 37.3 Å². The van der Waals surface area contributed by atoms with E-state index in [1.165, 1.54) is 0 Å². The van der Waals surface area contributed by atoms with Crippen molar-refractivity contribution in [3.8, 4) is 0 Å². The number of methoxy groups -OCH3 is 1. The Morgan fingerprint density at radius 1 is 1.25 bits per heavy atom. The molecule has 0 amide bonds. The van der Waals surface area contributed by atoms with Gasteiger partial charge in [0.1, 0.15) is 0 Å². The molecular formula is C13H15F4NO2. The number of nitrogens with one attached hydrogen (secondary N) is 1. The first kappa shape index (κ1) is 16.3. The fourth-order valence-electron chi connectivity index (χ4n) is 1.47. The average Bonchev–Trinajstić information content (AvgIpc) is 2.38. The van der Waals surface area contributed by atoms with Gasteiger partial charge in [0.25, 0.3) is 5.76 Å². The maximum absolute atomic E-state index is 13.7. The minimum absolute atomic E-state index is 0.639. The fourth-order valence-corrected chi connectivity index (χ4v) is 1.47. The van der Waals surface area contributed by atoms with Gasteiger partial charge < -0.3 is 14.8 Å². The number of hydrogen-bond donors (Lipinski definition) is 1. The summed E-state index contributed by atoms with van der Waals surface area (Å²) in [6.45, 7) is 0.850. The van der Waals surface area contributed by atoms with Crippen molar-refractivity contribution < 1.29 is 27.0 Å². The van der Waals surface area contributed by atoms with Crippen LogP contribution in [0.15, 0.2) is 42.0 Å². The van der Waals surface area contributed by atoms with E-state index in [2.05, 4.69) is 14.8 Å². The SMILES string of the molecule is COCO/C(=C(\F)N[C@H](C)c1ccccc1)C(F)(F)F. The molecule has 0 aromatic heterocycles. The molecule has 0 bridgehead atoms. The quantitative estimate of drug-likeness (QED) is 0.376. The highest BCUT2D eigenvalue weighted by atomic mass is 19.4. The molecule has 0 unspecified atom stereocenters. The average molecular weight is 293 g/mol. The number of halogens is 4. The van der Waals surface area contributed by atoms with Gasteiger partial charge in [0.05, 0.1) is 6.04 Å². The van der Waals surface area contributed by atoms with E-state index in [1.807, 2.05) is 0 Å². The number of ether oxygens (including phenoxy) is 2. The summed E-state index contributed by atoms with van der Waals surface area (Å²) >= 11 is 0. The molecule has 1 aromatic rings. The van der Waals surface area contributed by atoms with Crippen LogP contribution in [0.25, 0.3) is 0 Å². The maximum Gasteiger partial charge on any atom is 0.453 e. The molecule has 0 aliphatic carbocycles. The van der Waals surface area contributed by atoms with Gasteiger partial charge in [-0.1, -0.05) is 30.3 Å². The zero-order valence-electron chi connectivity index (χ0n) is 11.0. The van der Waals surface area contributed by atoms with Crippen LogP contribution in [0, 0.1) is 0 Å². The highest BCUT2D eigenvalue weighted by molar-refractivity contribution is 5.19. The molecule has 0 radical (unpaired) electrons. The minimum Gasteiger partial charge on any atom is -0.459 e. The molecule has 0 saturated carbocycles. The number of hydrogen-bond acceptors (Lipinski definition) is 3. The van der Waals surface area contributed by atoms with Gasteiger partial charge in [-0.2, -0.15) is 17.6 Å². The largest absolute Gasteiger partial charge is 0.459 e. The van der Waals surface area contributed by atoms with Gasteiger partial charge in [0.2, 0.25) is 5.95 Å². The minimum atomic E-state index is -4.94. The van der Waals surface area contributed by atoms with Gasteiger partial charge in [-0.25, -0.2) is 0 Å². The van der Waals surface area contributed by atoms with Gasteiger partial charge in [0, 0.05) is 7.11 Å². The van der Waals surface area contributed by atoms with Gasteiger partial charge in [-0.3, -0.25) is 0 Å². The van der Waals surface area contributed by atoms with E-state index in [0.29, 0.717) is 5.56 Å². The van der Waals surface area contributed by atoms with Crippen molar-refractivity contribution >= 4 is 0 Å². The topological polar surface area (TPSA) is 30.5 Å². The summed E-state index contributed by atoms with van der Waals surface area (Å²) in [5.74, 6) is -3.31. The zero-order chi connectivity index (χ0) is 15.2. The molecule has 3 nitrogen and oxygen atoms in total. The lowest BCUT2D eigenvalue weighted by Crippen LogP contribution is -2.24. The Hall–Kier alpha value is -1.76. The smallest absolute Gasteiger partial charge is 0.453 e. The lowest BCUT2D eigenvalue weighted by molar-refractivity contribution is -0.152. The van der Waals surface area contributed by atoms with Crippen LogP contribution < -0.4 is 5.32 Å². The van der Waals surface area contributed by atoms with Crippen molar-refractivity contribution in [2.45, 2.75) is 19.1 Å². The number of allylic oxidation sites excluding steroid dienone is 1. The standard InChI is InChI=1S/C13H15F4NO2/c1-9(10-6-4-3-5-7-10)18-12(14)11(13(15,16)17)20-8-19-2/h3-7,9,18H,8H2,1-2H3/b12-11+/t9-/m1/s1. The van der Waals surface area contributed by atoms with Crippen molar-refractivity contribution in [2.75, 3.05) is 13.9 Å². The van der Waals surface area contributed by atoms with Gasteiger partial charge >= 0.3 is 6.18 Å². The van der Waals surface area contributed by atoms with Gasteiger partial charge in [0.15, 0.2) is 6.79 Å². The first-order chi connectivity index (χ1) is 9.36. The molecule has 0 aliphatic rings. The van der Waals surface area contributed by atoms with Gasteiger partial charge in [-0.05, 0) is 12.5 Å². The maximum atomic E-state index is 13.7. The first-order valence-corrected chi connectivity index (χ1v) is 5.76. The van der Waals surface area contributed by atoms with Crippen LogP contribution in [0.1, 0.15) is 18.5 Å². The summed E-state index contributed by atoms with van der Waals surface area (Å²) in [7, 11) is 1.14. The van der Waals surface area contributed by atoms with Crippen LogP contribution in [-0.2, 0) is 9.47 Å².